The highest BCUT2D eigenvalue weighted by atomic mass is 19.1. The minimum Gasteiger partial charge on any atom is -0.481 e. The van der Waals surface area contributed by atoms with E-state index in [4.69, 9.17) is 9.84 Å². The van der Waals surface area contributed by atoms with E-state index in [2.05, 4.69) is 0 Å². The predicted molar refractivity (Wildman–Crippen MR) is 109 cm³/mol. The Bertz CT molecular complexity index is 917. The number of hydrogen-bond acceptors (Lipinski definition) is 5. The number of piperidine rings is 1. The van der Waals surface area contributed by atoms with E-state index >= 15 is 0 Å². The van der Waals surface area contributed by atoms with Crippen molar-refractivity contribution in [1.82, 2.24) is 4.90 Å². The molecule has 1 fully saturated rings. The lowest BCUT2D eigenvalue weighted by molar-refractivity contribution is -0.140. The Hall–Kier alpha value is -3.26. The molecule has 164 valence electrons. The van der Waals surface area contributed by atoms with Crippen molar-refractivity contribution in [2.45, 2.75) is 31.3 Å². The molecule has 0 aromatic heterocycles. The van der Waals surface area contributed by atoms with Gasteiger partial charge in [0.05, 0.1) is 6.42 Å². The number of carboxylic acids is 1. The van der Waals surface area contributed by atoms with Crippen LogP contribution in [0, 0.1) is 11.7 Å². The molecule has 0 spiro atoms. The van der Waals surface area contributed by atoms with Crippen molar-refractivity contribution in [3.63, 3.8) is 0 Å². The van der Waals surface area contributed by atoms with Crippen molar-refractivity contribution < 1.29 is 33.7 Å². The zero-order valence-electron chi connectivity index (χ0n) is 16.8. The first-order valence-corrected chi connectivity index (χ1v) is 10.0. The first-order chi connectivity index (χ1) is 14.8. The fourth-order valence-corrected chi connectivity index (χ4v) is 3.86. The monoisotopic (exact) mass is 429 g/mol. The van der Waals surface area contributed by atoms with Crippen LogP contribution in [0.1, 0.15) is 30.7 Å². The lowest BCUT2D eigenvalue weighted by Crippen LogP contribution is -2.49. The molecule has 2 aromatic rings. The van der Waals surface area contributed by atoms with Crippen LogP contribution in [0.3, 0.4) is 0 Å². The molecule has 1 unspecified atom stereocenters. The Balaban J connectivity index is 1.78. The van der Waals surface area contributed by atoms with Gasteiger partial charge in [-0.15, -0.1) is 0 Å². The average Bonchev–Trinajstić information content (AvgIpc) is 2.77. The van der Waals surface area contributed by atoms with Crippen LogP contribution >= 0.6 is 0 Å². The highest BCUT2D eigenvalue weighted by Gasteiger charge is 2.39. The van der Waals surface area contributed by atoms with E-state index < -0.39 is 35.7 Å². The van der Waals surface area contributed by atoms with Gasteiger partial charge < -0.3 is 19.8 Å². The number of nitrogens with zero attached hydrogens (tertiary/aromatic N) is 1. The topological polar surface area (TPSA) is 104 Å². The number of hydrogen-bond donors (Lipinski definition) is 2. The molecule has 1 amide bonds. The molecular formula is C23H24FNO6. The number of rotatable bonds is 7. The molecule has 2 N–H and O–H groups in total. The Kier molecular flexibility index (Phi) is 7.36. The molecule has 1 aliphatic heterocycles. The predicted octanol–water partition coefficient (Wildman–Crippen LogP) is 3.23. The van der Waals surface area contributed by atoms with Crippen molar-refractivity contribution in [1.29, 1.82) is 0 Å². The molecule has 1 aliphatic rings. The van der Waals surface area contributed by atoms with Crippen LogP contribution in [0.25, 0.3) is 0 Å². The number of amides is 1. The summed E-state index contributed by atoms with van der Waals surface area (Å²) in [5.41, 5.74) is 0.743. The van der Waals surface area contributed by atoms with E-state index in [1.54, 1.807) is 42.5 Å². The number of ether oxygens (including phenoxy) is 1. The third-order valence-corrected chi connectivity index (χ3v) is 5.48. The van der Waals surface area contributed by atoms with Gasteiger partial charge in [-0.25, -0.2) is 9.18 Å². The zero-order chi connectivity index (χ0) is 22.4. The number of aliphatic hydroxyl groups excluding tert-OH is 1. The fourth-order valence-electron chi connectivity index (χ4n) is 3.86. The van der Waals surface area contributed by atoms with Crippen LogP contribution in [0.15, 0.2) is 54.6 Å². The van der Waals surface area contributed by atoms with Gasteiger partial charge in [-0.3, -0.25) is 9.59 Å². The van der Waals surface area contributed by atoms with Crippen LogP contribution in [0.5, 0.6) is 5.75 Å². The van der Waals surface area contributed by atoms with Crippen molar-refractivity contribution in [3.05, 3.63) is 66.0 Å². The number of carbonyl (C=O) groups is 3. The smallest absolute Gasteiger partial charge is 0.415 e. The summed E-state index contributed by atoms with van der Waals surface area (Å²) < 4.78 is 18.7. The number of aliphatic carboxylic acids is 1. The zero-order valence-corrected chi connectivity index (χ0v) is 16.8. The molecule has 3 atom stereocenters. The number of likely N-dealkylation sites (tertiary alicyclic amines) is 1. The fraction of sp³-hybridized carbons (Fsp3) is 0.348. The summed E-state index contributed by atoms with van der Waals surface area (Å²) in [7, 11) is 0. The molecule has 2 aromatic carbocycles. The molecular weight excluding hydrogens is 405 g/mol. The third-order valence-electron chi connectivity index (χ3n) is 5.48. The lowest BCUT2D eigenvalue weighted by atomic mass is 9.76. The number of carbonyl (C=O) groups excluding carboxylic acids is 2. The Morgan fingerprint density at radius 1 is 1.06 bits per heavy atom. The van der Waals surface area contributed by atoms with Crippen LogP contribution in [-0.4, -0.2) is 52.2 Å². The van der Waals surface area contributed by atoms with Gasteiger partial charge in [0.25, 0.3) is 0 Å². The van der Waals surface area contributed by atoms with Crippen molar-refractivity contribution in [2.24, 2.45) is 5.92 Å². The minimum atomic E-state index is -1.46. The summed E-state index contributed by atoms with van der Waals surface area (Å²) in [4.78, 5) is 37.3. The van der Waals surface area contributed by atoms with Gasteiger partial charge in [0, 0.05) is 25.4 Å². The van der Waals surface area contributed by atoms with Gasteiger partial charge >= 0.3 is 12.1 Å². The second kappa shape index (κ2) is 10.2. The number of Topliss-reactive ketones (excluding diaryl/α,β-unsaturated/α-hetero) is 1. The summed E-state index contributed by atoms with van der Waals surface area (Å²) in [6, 6.07) is 14.4. The molecule has 0 radical (unpaired) electrons. The number of benzene rings is 2. The van der Waals surface area contributed by atoms with E-state index in [9.17, 15) is 23.9 Å². The summed E-state index contributed by atoms with van der Waals surface area (Å²) in [6.07, 6.45) is -2.31. The Morgan fingerprint density at radius 2 is 1.74 bits per heavy atom. The molecule has 1 saturated heterocycles. The molecule has 0 bridgehead atoms. The van der Waals surface area contributed by atoms with Gasteiger partial charge in [-0.05, 0) is 42.2 Å². The lowest BCUT2D eigenvalue weighted by Gasteiger charge is -2.40. The largest absolute Gasteiger partial charge is 0.481 e. The second-order valence-electron chi connectivity index (χ2n) is 7.54. The minimum absolute atomic E-state index is 0.0493. The highest BCUT2D eigenvalue weighted by molar-refractivity contribution is 5.86. The van der Waals surface area contributed by atoms with Crippen LogP contribution in [0.2, 0.25) is 0 Å². The quantitative estimate of drug-likeness (QED) is 0.700. The average molecular weight is 429 g/mol. The molecule has 3 rings (SSSR count). The molecule has 8 heteroatoms. The molecule has 7 nitrogen and oxygen atoms in total. The van der Waals surface area contributed by atoms with Gasteiger partial charge in [-0.1, -0.05) is 30.3 Å². The SMILES string of the molecule is O=C(O)CCC(=O)C(O)[C@@H]1CN(C(=O)Oc2ccccc2)CC[C@H]1c1ccc(F)cc1. The van der Waals surface area contributed by atoms with Crippen molar-refractivity contribution >= 4 is 17.8 Å². The van der Waals surface area contributed by atoms with E-state index in [1.165, 1.54) is 17.0 Å². The van der Waals surface area contributed by atoms with Crippen LogP contribution < -0.4 is 4.74 Å². The van der Waals surface area contributed by atoms with E-state index in [0.717, 1.165) is 5.56 Å². The van der Waals surface area contributed by atoms with Gasteiger partial charge in [0.2, 0.25) is 0 Å². The summed E-state index contributed by atoms with van der Waals surface area (Å²) in [6.45, 7) is 0.383. The molecule has 0 saturated carbocycles. The van der Waals surface area contributed by atoms with Gasteiger partial charge in [0.1, 0.15) is 17.7 Å². The van der Waals surface area contributed by atoms with Gasteiger partial charge in [0.15, 0.2) is 5.78 Å². The van der Waals surface area contributed by atoms with E-state index in [0.29, 0.717) is 18.7 Å². The second-order valence-corrected chi connectivity index (χ2v) is 7.54. The van der Waals surface area contributed by atoms with Crippen molar-refractivity contribution in [2.75, 3.05) is 13.1 Å². The van der Waals surface area contributed by atoms with Crippen LogP contribution in [0.4, 0.5) is 9.18 Å². The third kappa shape index (κ3) is 5.88. The maximum Gasteiger partial charge on any atom is 0.415 e. The number of ketones is 1. The molecule has 1 heterocycles. The first kappa shape index (κ1) is 22.4. The van der Waals surface area contributed by atoms with Crippen molar-refractivity contribution in [3.8, 4) is 5.75 Å². The summed E-state index contributed by atoms with van der Waals surface area (Å²) in [5.74, 6) is -2.73. The molecule has 31 heavy (non-hydrogen) atoms. The number of para-hydroxylation sites is 1. The maximum absolute atomic E-state index is 13.4. The Morgan fingerprint density at radius 3 is 2.39 bits per heavy atom. The number of carboxylic acid groups (broad SMARTS) is 1. The summed E-state index contributed by atoms with van der Waals surface area (Å²) >= 11 is 0. The first-order valence-electron chi connectivity index (χ1n) is 10.0. The number of aliphatic hydroxyl groups is 1. The highest BCUT2D eigenvalue weighted by Crippen LogP contribution is 2.36. The van der Waals surface area contributed by atoms with E-state index in [-0.39, 0.29) is 25.3 Å². The van der Waals surface area contributed by atoms with Gasteiger partial charge in [-0.2, -0.15) is 0 Å². The molecule has 0 aliphatic carbocycles. The van der Waals surface area contributed by atoms with E-state index in [1.807, 2.05) is 0 Å². The Labute approximate surface area is 179 Å². The van der Waals surface area contributed by atoms with Crippen LogP contribution in [-0.2, 0) is 9.59 Å². The normalized spacial score (nSPS) is 19.5. The number of halogens is 1. The summed E-state index contributed by atoms with van der Waals surface area (Å²) in [5, 5.41) is 19.6. The standard InChI is InChI=1S/C23H24FNO6/c24-16-8-6-15(7-9-16)18-12-13-25(23(30)31-17-4-2-1-3-5-17)14-19(18)22(29)20(26)10-11-21(27)28/h1-9,18-19,22,29H,10-14H2,(H,27,28)/t18-,19+,22?/m0/s1. The maximum atomic E-state index is 13.4.